The first-order valence-electron chi connectivity index (χ1n) is 8.08. The number of aromatic nitrogens is 1. The second kappa shape index (κ2) is 9.17. The molecule has 24 heavy (non-hydrogen) atoms. The van der Waals surface area contributed by atoms with E-state index in [1.54, 1.807) is 18.5 Å². The summed E-state index contributed by atoms with van der Waals surface area (Å²) in [5, 5.41) is 2.70. The Bertz CT molecular complexity index is 683. The van der Waals surface area contributed by atoms with Crippen molar-refractivity contribution in [1.82, 2.24) is 10.3 Å². The zero-order chi connectivity index (χ0) is 17.4. The van der Waals surface area contributed by atoms with Gasteiger partial charge in [-0.25, -0.2) is 4.79 Å². The lowest BCUT2D eigenvalue weighted by Gasteiger charge is -2.05. The Hall–Kier alpha value is -2.21. The summed E-state index contributed by atoms with van der Waals surface area (Å²) in [7, 11) is 0. The molecule has 1 amide bonds. The van der Waals surface area contributed by atoms with Crippen molar-refractivity contribution < 1.29 is 14.3 Å². The number of carbonyl (C=O) groups is 2. The standard InChI is InChI=1S/C18H22N2O3S/c1-3-6-15-14(4-2)9-16(24-15)18(22)23-12-17(21)20-11-13-7-5-8-19-10-13/h5,7-10H,3-4,6,11-12H2,1-2H3,(H,20,21). The van der Waals surface area contributed by atoms with Gasteiger partial charge in [0.25, 0.3) is 5.91 Å². The van der Waals surface area contributed by atoms with Crippen LogP contribution < -0.4 is 5.32 Å². The van der Waals surface area contributed by atoms with Crippen molar-refractivity contribution in [2.45, 2.75) is 39.7 Å². The molecule has 0 fully saturated rings. The fourth-order valence-corrected chi connectivity index (χ4v) is 3.51. The molecule has 0 spiro atoms. The maximum atomic E-state index is 12.1. The van der Waals surface area contributed by atoms with Crippen LogP contribution in [0.2, 0.25) is 0 Å². The summed E-state index contributed by atoms with van der Waals surface area (Å²) in [5.74, 6) is -0.762. The Morgan fingerprint density at radius 3 is 2.83 bits per heavy atom. The van der Waals surface area contributed by atoms with E-state index in [0.717, 1.165) is 24.8 Å². The van der Waals surface area contributed by atoms with Gasteiger partial charge in [-0.15, -0.1) is 11.3 Å². The fourth-order valence-electron chi connectivity index (χ4n) is 2.26. The minimum atomic E-state index is -0.436. The Labute approximate surface area is 146 Å². The first-order chi connectivity index (χ1) is 11.6. The smallest absolute Gasteiger partial charge is 0.348 e. The fraction of sp³-hybridized carbons (Fsp3) is 0.389. The molecule has 5 nitrogen and oxygen atoms in total. The molecule has 0 unspecified atom stereocenters. The summed E-state index contributed by atoms with van der Waals surface area (Å²) in [5.41, 5.74) is 2.09. The molecule has 2 aromatic heterocycles. The van der Waals surface area contributed by atoms with E-state index >= 15 is 0 Å². The summed E-state index contributed by atoms with van der Waals surface area (Å²) in [6.07, 6.45) is 6.25. The lowest BCUT2D eigenvalue weighted by molar-refractivity contribution is -0.124. The van der Waals surface area contributed by atoms with Gasteiger partial charge < -0.3 is 10.1 Å². The van der Waals surface area contributed by atoms with Gasteiger partial charge in [0.15, 0.2) is 6.61 Å². The summed E-state index contributed by atoms with van der Waals surface area (Å²) < 4.78 is 5.11. The molecule has 128 valence electrons. The number of carbonyl (C=O) groups excluding carboxylic acids is 2. The van der Waals surface area contributed by atoms with Crippen molar-refractivity contribution in [3.63, 3.8) is 0 Å². The highest BCUT2D eigenvalue weighted by Crippen LogP contribution is 2.25. The molecule has 2 aromatic rings. The lowest BCUT2D eigenvalue weighted by Crippen LogP contribution is -2.28. The predicted molar refractivity (Wildman–Crippen MR) is 94.1 cm³/mol. The number of aryl methyl sites for hydroxylation is 2. The molecule has 0 aliphatic heterocycles. The summed E-state index contributed by atoms with van der Waals surface area (Å²) in [4.78, 5) is 29.7. The van der Waals surface area contributed by atoms with Crippen molar-refractivity contribution >= 4 is 23.2 Å². The Morgan fingerprint density at radius 2 is 2.17 bits per heavy atom. The van der Waals surface area contributed by atoms with Gasteiger partial charge in [0.2, 0.25) is 0 Å². The first-order valence-corrected chi connectivity index (χ1v) is 8.90. The van der Waals surface area contributed by atoms with Crippen LogP contribution in [0.15, 0.2) is 30.6 Å². The van der Waals surface area contributed by atoms with Crippen LogP contribution in [0.25, 0.3) is 0 Å². The van der Waals surface area contributed by atoms with E-state index < -0.39 is 5.97 Å². The Balaban J connectivity index is 1.83. The van der Waals surface area contributed by atoms with E-state index in [1.165, 1.54) is 21.8 Å². The molecular weight excluding hydrogens is 324 g/mol. The van der Waals surface area contributed by atoms with E-state index in [0.29, 0.717) is 11.4 Å². The molecular formula is C18H22N2O3S. The molecule has 0 bridgehead atoms. The highest BCUT2D eigenvalue weighted by molar-refractivity contribution is 7.14. The second-order valence-corrected chi connectivity index (χ2v) is 6.51. The highest BCUT2D eigenvalue weighted by atomic mass is 32.1. The summed E-state index contributed by atoms with van der Waals surface area (Å²) >= 11 is 1.46. The van der Waals surface area contributed by atoms with E-state index in [9.17, 15) is 9.59 Å². The topological polar surface area (TPSA) is 68.3 Å². The van der Waals surface area contributed by atoms with E-state index in [-0.39, 0.29) is 12.5 Å². The zero-order valence-electron chi connectivity index (χ0n) is 14.0. The molecule has 0 aliphatic rings. The normalized spacial score (nSPS) is 10.4. The maximum absolute atomic E-state index is 12.1. The predicted octanol–water partition coefficient (Wildman–Crippen LogP) is 3.13. The molecule has 0 radical (unpaired) electrons. The minimum absolute atomic E-state index is 0.276. The van der Waals surface area contributed by atoms with Crippen LogP contribution in [0.1, 0.15) is 45.9 Å². The number of thiophene rings is 1. The molecule has 2 heterocycles. The number of nitrogens with one attached hydrogen (secondary N) is 1. The van der Waals surface area contributed by atoms with E-state index in [1.807, 2.05) is 12.1 Å². The van der Waals surface area contributed by atoms with Crippen LogP contribution in [0.3, 0.4) is 0 Å². The van der Waals surface area contributed by atoms with Gasteiger partial charge >= 0.3 is 5.97 Å². The lowest BCUT2D eigenvalue weighted by atomic mass is 10.1. The van der Waals surface area contributed by atoms with Crippen LogP contribution >= 0.6 is 11.3 Å². The molecule has 0 saturated heterocycles. The van der Waals surface area contributed by atoms with Gasteiger partial charge in [0.05, 0.1) is 0 Å². The van der Waals surface area contributed by atoms with E-state index in [4.69, 9.17) is 4.74 Å². The quantitative estimate of drug-likeness (QED) is 0.746. The van der Waals surface area contributed by atoms with Crippen LogP contribution in [-0.2, 0) is 28.9 Å². The van der Waals surface area contributed by atoms with Gasteiger partial charge in [0, 0.05) is 23.8 Å². The summed E-state index contributed by atoms with van der Waals surface area (Å²) in [6, 6.07) is 5.55. The Kier molecular flexibility index (Phi) is 6.93. The van der Waals surface area contributed by atoms with Crippen LogP contribution in [-0.4, -0.2) is 23.5 Å². The van der Waals surface area contributed by atoms with Crippen molar-refractivity contribution in [3.05, 3.63) is 51.5 Å². The van der Waals surface area contributed by atoms with Crippen molar-refractivity contribution in [3.8, 4) is 0 Å². The first kappa shape index (κ1) is 18.1. The number of esters is 1. The van der Waals surface area contributed by atoms with E-state index in [2.05, 4.69) is 24.1 Å². The average Bonchev–Trinajstić information content (AvgIpc) is 3.02. The largest absolute Gasteiger partial charge is 0.451 e. The SMILES string of the molecule is CCCc1sc(C(=O)OCC(=O)NCc2cccnc2)cc1CC. The third-order valence-corrected chi connectivity index (χ3v) is 4.72. The van der Waals surface area contributed by atoms with Gasteiger partial charge in [-0.05, 0) is 36.1 Å². The number of nitrogens with zero attached hydrogens (tertiary/aromatic N) is 1. The molecule has 2 rings (SSSR count). The minimum Gasteiger partial charge on any atom is -0.451 e. The molecule has 0 aliphatic carbocycles. The van der Waals surface area contributed by atoms with Crippen LogP contribution in [0.4, 0.5) is 0 Å². The Morgan fingerprint density at radius 1 is 1.33 bits per heavy atom. The van der Waals surface area contributed by atoms with Gasteiger partial charge in [0.1, 0.15) is 4.88 Å². The average molecular weight is 346 g/mol. The number of hydrogen-bond donors (Lipinski definition) is 1. The number of rotatable bonds is 8. The number of pyridine rings is 1. The summed E-state index contributed by atoms with van der Waals surface area (Å²) in [6.45, 7) is 4.28. The number of hydrogen-bond acceptors (Lipinski definition) is 5. The monoisotopic (exact) mass is 346 g/mol. The molecule has 0 atom stereocenters. The van der Waals surface area contributed by atoms with Gasteiger partial charge in [-0.2, -0.15) is 0 Å². The molecule has 6 heteroatoms. The zero-order valence-corrected chi connectivity index (χ0v) is 14.8. The maximum Gasteiger partial charge on any atom is 0.348 e. The highest BCUT2D eigenvalue weighted by Gasteiger charge is 2.15. The molecule has 0 aromatic carbocycles. The van der Waals surface area contributed by atoms with Gasteiger partial charge in [-0.3, -0.25) is 9.78 Å². The molecule has 1 N–H and O–H groups in total. The van der Waals surface area contributed by atoms with Crippen LogP contribution in [0.5, 0.6) is 0 Å². The third-order valence-electron chi connectivity index (χ3n) is 3.50. The van der Waals surface area contributed by atoms with Crippen LogP contribution in [0, 0.1) is 0 Å². The van der Waals surface area contributed by atoms with Crippen molar-refractivity contribution in [2.24, 2.45) is 0 Å². The number of amides is 1. The van der Waals surface area contributed by atoms with Gasteiger partial charge in [-0.1, -0.05) is 26.3 Å². The van der Waals surface area contributed by atoms with Crippen molar-refractivity contribution in [1.29, 1.82) is 0 Å². The second-order valence-electron chi connectivity index (χ2n) is 5.38. The van der Waals surface area contributed by atoms with Crippen molar-refractivity contribution in [2.75, 3.05) is 6.61 Å². The third kappa shape index (κ3) is 5.16. The molecule has 0 saturated carbocycles. The number of ether oxygens (including phenoxy) is 1.